The molecule has 0 aromatic heterocycles. The first kappa shape index (κ1) is 79.8. The zero-order valence-electron chi connectivity index (χ0n) is 59.4. The van der Waals surface area contributed by atoms with Gasteiger partial charge in [0, 0.05) is 53.9 Å². The van der Waals surface area contributed by atoms with Crippen LogP contribution >= 0.6 is 0 Å². The summed E-state index contributed by atoms with van der Waals surface area (Å²) < 4.78 is 66.2. The molecular weight excluding hydrogens is 1200 g/mol. The minimum Gasteiger partial charge on any atom is -0.458 e. The minimum atomic E-state index is -2.14. The molecule has 0 saturated heterocycles. The van der Waals surface area contributed by atoms with Gasteiger partial charge in [-0.25, -0.2) is 37.5 Å². The lowest BCUT2D eigenvalue weighted by Crippen LogP contribution is -2.54. The molecule has 0 fully saturated rings. The zero-order valence-corrected chi connectivity index (χ0v) is 59.4. The molecule has 19 nitrogen and oxygen atoms in total. The van der Waals surface area contributed by atoms with Crippen LogP contribution in [0.1, 0.15) is 185 Å². The number of benzene rings is 3. The van der Waals surface area contributed by atoms with E-state index < -0.39 is 132 Å². The molecule has 0 spiro atoms. The maximum atomic E-state index is 16.0. The van der Waals surface area contributed by atoms with Crippen LogP contribution in [0.5, 0.6) is 0 Å². The van der Waals surface area contributed by atoms with Crippen molar-refractivity contribution in [3.63, 3.8) is 0 Å². The van der Waals surface area contributed by atoms with Crippen molar-refractivity contribution < 1.29 is 80.4 Å². The molecule has 0 heterocycles. The third-order valence-electron chi connectivity index (χ3n) is 15.5. The summed E-state index contributed by atoms with van der Waals surface area (Å²) in [5.74, 6) is -8.53. The normalized spacial score (nSPS) is 14.8. The summed E-state index contributed by atoms with van der Waals surface area (Å²) >= 11 is 0. The Kier molecular flexibility index (Phi) is 28.8. The molecule has 0 N–H and O–H groups in total. The summed E-state index contributed by atoms with van der Waals surface area (Å²) in [5, 5.41) is 0. The highest BCUT2D eigenvalue weighted by Crippen LogP contribution is 2.29. The van der Waals surface area contributed by atoms with Crippen LogP contribution in [0.3, 0.4) is 0 Å². The maximum Gasteiger partial charge on any atom is 0.410 e. The number of hydrogen-bond acceptors (Lipinski definition) is 15. The highest BCUT2D eigenvalue weighted by molar-refractivity contribution is 5.93. The Balaban J connectivity index is 2.06. The largest absolute Gasteiger partial charge is 0.458 e. The predicted octanol–water partition coefficient (Wildman–Crippen LogP) is 11.6. The van der Waals surface area contributed by atoms with Crippen molar-refractivity contribution in [2.45, 2.75) is 253 Å². The molecule has 0 radical (unpaired) electrons. The Morgan fingerprint density at radius 2 is 0.753 bits per heavy atom. The van der Waals surface area contributed by atoms with E-state index in [9.17, 15) is 43.2 Å². The van der Waals surface area contributed by atoms with Gasteiger partial charge in [0.2, 0.25) is 0 Å². The second-order valence-electron chi connectivity index (χ2n) is 29.5. The fourth-order valence-corrected chi connectivity index (χ4v) is 10.0. The van der Waals surface area contributed by atoms with Gasteiger partial charge in [0.05, 0.1) is 0 Å². The second kappa shape index (κ2) is 33.6. The van der Waals surface area contributed by atoms with Crippen LogP contribution < -0.4 is 0 Å². The number of hydrogen-bond donors (Lipinski definition) is 0. The van der Waals surface area contributed by atoms with Gasteiger partial charge >= 0.3 is 35.9 Å². The molecule has 93 heavy (non-hydrogen) atoms. The van der Waals surface area contributed by atoms with Crippen LogP contribution in [0.2, 0.25) is 0 Å². The van der Waals surface area contributed by atoms with Gasteiger partial charge in [-0.05, 0) is 126 Å². The van der Waals surface area contributed by atoms with Crippen molar-refractivity contribution in [3.05, 3.63) is 107 Å². The Bertz CT molecular complexity index is 2990. The van der Waals surface area contributed by atoms with E-state index in [0.29, 0.717) is 16.7 Å². The van der Waals surface area contributed by atoms with Crippen LogP contribution in [0, 0.1) is 11.8 Å². The number of esters is 5. The molecule has 3 rings (SSSR count). The van der Waals surface area contributed by atoms with Crippen molar-refractivity contribution in [1.29, 1.82) is 0 Å². The van der Waals surface area contributed by atoms with Gasteiger partial charge in [-0.1, -0.05) is 148 Å². The quantitative estimate of drug-likeness (QED) is 0.0447. The van der Waals surface area contributed by atoms with Crippen LogP contribution in [0.15, 0.2) is 78.9 Å². The zero-order chi connectivity index (χ0) is 71.1. The van der Waals surface area contributed by atoms with Crippen molar-refractivity contribution in [1.82, 2.24) is 19.6 Å². The average molecular weight is 1310 g/mol. The van der Waals surface area contributed by atoms with Gasteiger partial charge in [-0.2, -0.15) is 0 Å². The molecule has 3 aromatic carbocycles. The highest BCUT2D eigenvalue weighted by Gasteiger charge is 2.44. The molecule has 3 aromatic rings. The lowest BCUT2D eigenvalue weighted by atomic mass is 9.86. The SMILES string of the molecule is CC(C)C[C@@H](C(=O)O[C@H](Cc1ccc(C(C)(C)C)cc1)C(=O)N(C)[C@@H](CC(C)(C)F)C(=O)O[C@H](C)C(=O)N(C)[C@@H](CC(C)C)C(=O)O[C@H](Cc1ccc(C(C)(C)C)cc1)C(=O)N(C)[C@@H](CC(C)(C)F)C(=O)O[C@H](C)C(=O)OCc1ccccc1)N(C)C(=O)OC(C)(C)C. The smallest absolute Gasteiger partial charge is 0.410 e. The van der Waals surface area contributed by atoms with Crippen LogP contribution in [0.4, 0.5) is 13.6 Å². The third-order valence-corrected chi connectivity index (χ3v) is 15.5. The third kappa shape index (κ3) is 26.1. The van der Waals surface area contributed by atoms with Gasteiger partial charge < -0.3 is 43.1 Å². The van der Waals surface area contributed by atoms with E-state index in [2.05, 4.69) is 0 Å². The molecule has 0 aliphatic heterocycles. The first-order valence-corrected chi connectivity index (χ1v) is 32.0. The van der Waals surface area contributed by atoms with Crippen molar-refractivity contribution in [2.75, 3.05) is 28.2 Å². The molecule has 4 amide bonds. The average Bonchev–Trinajstić information content (AvgIpc) is 0.903. The fraction of sp³-hybridized carbons (Fsp3) is 0.625. The summed E-state index contributed by atoms with van der Waals surface area (Å²) in [6.45, 7) is 31.6. The van der Waals surface area contributed by atoms with E-state index in [-0.39, 0.29) is 55.0 Å². The lowest BCUT2D eigenvalue weighted by molar-refractivity contribution is -0.176. The Labute approximate surface area is 551 Å². The Morgan fingerprint density at radius 1 is 0.409 bits per heavy atom. The summed E-state index contributed by atoms with van der Waals surface area (Å²) in [5.41, 5.74) is -1.93. The number of amides is 4. The molecule has 8 atom stereocenters. The van der Waals surface area contributed by atoms with E-state index in [1.165, 1.54) is 69.7 Å². The molecule has 0 saturated carbocycles. The fourth-order valence-electron chi connectivity index (χ4n) is 10.0. The molecule has 518 valence electrons. The molecule has 0 aliphatic carbocycles. The van der Waals surface area contributed by atoms with Crippen LogP contribution in [-0.4, -0.2) is 167 Å². The van der Waals surface area contributed by atoms with Crippen molar-refractivity contribution >= 4 is 53.7 Å². The highest BCUT2D eigenvalue weighted by atomic mass is 19.1. The number of rotatable bonds is 30. The molecular formula is C72H106F2N4O15. The summed E-state index contributed by atoms with van der Waals surface area (Å²) in [6.07, 6.45) is -9.01. The predicted molar refractivity (Wildman–Crippen MR) is 351 cm³/mol. The molecule has 0 bridgehead atoms. The van der Waals surface area contributed by atoms with E-state index in [4.69, 9.17) is 28.4 Å². The van der Waals surface area contributed by atoms with Crippen LogP contribution in [-0.2, 0) is 97.1 Å². The lowest BCUT2D eigenvalue weighted by Gasteiger charge is -2.35. The summed E-state index contributed by atoms with van der Waals surface area (Å²) in [6, 6.07) is 17.2. The first-order valence-electron chi connectivity index (χ1n) is 32.0. The first-order chi connectivity index (χ1) is 42.6. The number of nitrogens with zero attached hydrogens (tertiary/aromatic N) is 4. The number of ether oxygens (including phenoxy) is 6. The number of halogens is 2. The van der Waals surface area contributed by atoms with Gasteiger partial charge in [0.1, 0.15) is 47.7 Å². The number of alkyl halides is 2. The number of carbonyl (C=O) groups excluding carboxylic acids is 9. The standard InChI is InChI=1S/C72H106F2N4O15/c1-44(2)37-53(63(83)91-57(39-48-29-33-51(34-30-48)68(7,8)9)60(80)77(22)56(42-72(18,19)74)66(86)90-47(6)62(82)88-43-50-27-25-24-26-28-50)75(20)59(79)46(5)89-65(85)55(41-71(16,17)73)76(21)61(81)58(40-49-31-35-52(36-32-49)69(10,11)12)92-64(84)54(38-45(3)4)78(23)67(87)93-70(13,14)15/h24-36,44-47,53-58H,37-43H2,1-23H3/t46-,47-,53+,54+,55+,56+,57-,58-/m1/s1. The van der Waals surface area contributed by atoms with Gasteiger partial charge in [-0.3, -0.25) is 19.3 Å². The second-order valence-corrected chi connectivity index (χ2v) is 29.5. The van der Waals surface area contributed by atoms with Crippen LogP contribution in [0.25, 0.3) is 0 Å². The number of carbonyl (C=O) groups is 9. The Hall–Kier alpha value is -7.45. The van der Waals surface area contributed by atoms with E-state index in [0.717, 1.165) is 30.7 Å². The van der Waals surface area contributed by atoms with Gasteiger partial charge in [0.25, 0.3) is 17.7 Å². The van der Waals surface area contributed by atoms with E-state index in [1.54, 1.807) is 89.2 Å². The molecule has 21 heteroatoms. The maximum absolute atomic E-state index is 16.0. The summed E-state index contributed by atoms with van der Waals surface area (Å²) in [7, 11) is 5.10. The topological polar surface area (TPSA) is 222 Å². The Morgan fingerprint density at radius 3 is 1.10 bits per heavy atom. The van der Waals surface area contributed by atoms with E-state index >= 15 is 8.78 Å². The van der Waals surface area contributed by atoms with E-state index in [1.807, 2.05) is 79.7 Å². The van der Waals surface area contributed by atoms with Crippen molar-refractivity contribution in [3.8, 4) is 0 Å². The van der Waals surface area contributed by atoms with Gasteiger partial charge in [0.15, 0.2) is 24.4 Å². The van der Waals surface area contributed by atoms with Gasteiger partial charge in [-0.15, -0.1) is 0 Å². The summed E-state index contributed by atoms with van der Waals surface area (Å²) in [4.78, 5) is 133. The minimum absolute atomic E-state index is 0.0530. The van der Waals surface area contributed by atoms with Crippen molar-refractivity contribution in [2.24, 2.45) is 11.8 Å². The molecule has 0 aliphatic rings. The number of likely N-dealkylation sites (N-methyl/N-ethyl adjacent to an activating group) is 4. The molecule has 0 unspecified atom stereocenters. The monoisotopic (exact) mass is 1300 g/mol.